The van der Waals surface area contributed by atoms with Crippen molar-refractivity contribution < 1.29 is 37.2 Å². The molecule has 2 N–H and O–H groups in total. The Bertz CT molecular complexity index is 2050. The first-order valence-corrected chi connectivity index (χ1v) is 16.3. The molecule has 17 heteroatoms. The van der Waals surface area contributed by atoms with Gasteiger partial charge in [-0.25, -0.2) is 42.2 Å². The fourth-order valence-electron chi connectivity index (χ4n) is 6.38. The molecular formula is C31H33F2N8O6P. The number of carbonyl (C=O) groups is 1. The number of anilines is 1. The van der Waals surface area contributed by atoms with Gasteiger partial charge >= 0.3 is 13.9 Å². The standard InChI is InChI=1S/C31H33F2N8O6P/c1-29(2,3)31(30(4,5)6,47-48(43,44)45)40-17-35-26(38-40)20-9-7-18(13-22(20)33)21-15-36-39-12-11-25(37-27(21)39)41-24(16-46-28(41)42)23-10-8-19(32)14-34-23/h7-15,17,24H,16H2,1-6H3,(H2,43,44,45)/t24-/m1/s1. The molecule has 6 rings (SSSR count). The van der Waals surface area contributed by atoms with Gasteiger partial charge in [0.15, 0.2) is 17.2 Å². The van der Waals surface area contributed by atoms with Crippen molar-refractivity contribution in [2.24, 2.45) is 10.8 Å². The van der Waals surface area contributed by atoms with E-state index in [4.69, 9.17) is 9.26 Å². The number of phosphoric acid groups is 1. The minimum atomic E-state index is -5.03. The van der Waals surface area contributed by atoms with Gasteiger partial charge in [0, 0.05) is 22.6 Å². The smallest absolute Gasteiger partial charge is 0.446 e. The molecule has 14 nitrogen and oxygen atoms in total. The number of phosphoric ester groups is 1. The lowest BCUT2D eigenvalue weighted by molar-refractivity contribution is -0.198. The molecule has 1 aromatic carbocycles. The minimum absolute atomic E-state index is 0.00895. The zero-order chi connectivity index (χ0) is 34.8. The van der Waals surface area contributed by atoms with Crippen LogP contribution < -0.4 is 4.90 Å². The molecule has 0 aliphatic carbocycles. The fourth-order valence-corrected chi connectivity index (χ4v) is 7.35. The van der Waals surface area contributed by atoms with Crippen molar-refractivity contribution >= 4 is 25.4 Å². The Hall–Kier alpha value is -4.63. The molecule has 1 fully saturated rings. The molecule has 0 radical (unpaired) electrons. The highest BCUT2D eigenvalue weighted by atomic mass is 31.2. The molecule has 252 valence electrons. The summed E-state index contributed by atoms with van der Waals surface area (Å²) in [5, 5.41) is 8.79. The lowest BCUT2D eigenvalue weighted by Crippen LogP contribution is -2.56. The second-order valence-corrected chi connectivity index (χ2v) is 14.6. The summed E-state index contributed by atoms with van der Waals surface area (Å²) in [6.07, 6.45) is 4.78. The first-order chi connectivity index (χ1) is 22.4. The lowest BCUT2D eigenvalue weighted by Gasteiger charge is -2.51. The zero-order valence-corrected chi connectivity index (χ0v) is 27.8. The van der Waals surface area contributed by atoms with Crippen LogP contribution in [0.2, 0.25) is 0 Å². The van der Waals surface area contributed by atoms with Gasteiger partial charge < -0.3 is 14.5 Å². The third kappa shape index (κ3) is 5.74. The van der Waals surface area contributed by atoms with Gasteiger partial charge in [-0.3, -0.25) is 9.51 Å². The van der Waals surface area contributed by atoms with Crippen LogP contribution in [0.1, 0.15) is 53.3 Å². The third-order valence-corrected chi connectivity index (χ3v) is 8.69. The number of hydrogen-bond acceptors (Lipinski definition) is 9. The highest BCUT2D eigenvalue weighted by Crippen LogP contribution is 2.58. The number of nitrogens with zero attached hydrogens (tertiary/aromatic N) is 8. The lowest BCUT2D eigenvalue weighted by atomic mass is 9.68. The van der Waals surface area contributed by atoms with E-state index in [0.717, 1.165) is 6.20 Å². The van der Waals surface area contributed by atoms with E-state index in [1.165, 1.54) is 50.9 Å². The SMILES string of the molecule is CC(C)(C)C(OP(=O)(O)O)(n1cnc(-c2ccc(-c3cnn4ccc(N5C(=O)OC[C@@H]5c5ccc(F)cn5)nc34)cc2F)n1)C(C)(C)C. The predicted octanol–water partition coefficient (Wildman–Crippen LogP) is 5.88. The summed E-state index contributed by atoms with van der Waals surface area (Å²) in [7, 11) is -5.03. The molecule has 48 heavy (non-hydrogen) atoms. The first-order valence-electron chi connectivity index (χ1n) is 14.8. The Morgan fingerprint density at radius 1 is 0.979 bits per heavy atom. The van der Waals surface area contributed by atoms with Crippen LogP contribution in [-0.4, -0.2) is 56.8 Å². The average Bonchev–Trinajstić information content (AvgIpc) is 3.73. The second-order valence-electron chi connectivity index (χ2n) is 13.4. The Kier molecular flexibility index (Phi) is 7.98. The van der Waals surface area contributed by atoms with Crippen molar-refractivity contribution in [2.45, 2.75) is 53.3 Å². The van der Waals surface area contributed by atoms with Crippen molar-refractivity contribution in [1.29, 1.82) is 0 Å². The van der Waals surface area contributed by atoms with E-state index in [0.29, 0.717) is 22.5 Å². The molecule has 0 bridgehead atoms. The molecule has 1 amide bonds. The van der Waals surface area contributed by atoms with Gasteiger partial charge in [0.2, 0.25) is 0 Å². The normalized spacial score (nSPS) is 16.2. The number of pyridine rings is 1. The van der Waals surface area contributed by atoms with Crippen molar-refractivity contribution in [1.82, 2.24) is 34.3 Å². The van der Waals surface area contributed by atoms with Crippen molar-refractivity contribution in [3.63, 3.8) is 0 Å². The van der Waals surface area contributed by atoms with Gasteiger partial charge in [0.05, 0.1) is 23.7 Å². The Morgan fingerprint density at radius 3 is 2.33 bits per heavy atom. The van der Waals surface area contributed by atoms with Gasteiger partial charge in [-0.15, -0.1) is 5.10 Å². The van der Waals surface area contributed by atoms with Crippen LogP contribution in [0.3, 0.4) is 0 Å². The maximum absolute atomic E-state index is 15.8. The number of rotatable bonds is 7. The van der Waals surface area contributed by atoms with E-state index in [-0.39, 0.29) is 23.8 Å². The average molecular weight is 683 g/mol. The number of ether oxygens (including phenoxy) is 1. The first kappa shape index (κ1) is 33.3. The molecule has 1 aliphatic rings. The second kappa shape index (κ2) is 11.5. The summed E-state index contributed by atoms with van der Waals surface area (Å²) in [6, 6.07) is 8.02. The van der Waals surface area contributed by atoms with Gasteiger partial charge in [0.25, 0.3) is 0 Å². The van der Waals surface area contributed by atoms with E-state index in [1.807, 2.05) is 0 Å². The Balaban J connectivity index is 1.36. The monoisotopic (exact) mass is 682 g/mol. The van der Waals surface area contributed by atoms with Gasteiger partial charge in [-0.05, 0) is 35.9 Å². The molecule has 1 atom stereocenters. The van der Waals surface area contributed by atoms with Gasteiger partial charge in [0.1, 0.15) is 36.4 Å². The van der Waals surface area contributed by atoms with E-state index < -0.39 is 48.1 Å². The van der Waals surface area contributed by atoms with E-state index in [9.17, 15) is 23.5 Å². The molecule has 1 saturated heterocycles. The van der Waals surface area contributed by atoms with Crippen LogP contribution in [0.15, 0.2) is 61.3 Å². The number of benzene rings is 1. The summed E-state index contributed by atoms with van der Waals surface area (Å²) >= 11 is 0. The number of fused-ring (bicyclic) bond motifs is 1. The number of aromatic nitrogens is 7. The largest absolute Gasteiger partial charge is 0.471 e. The summed E-state index contributed by atoms with van der Waals surface area (Å²) < 4.78 is 55.0. The topological polar surface area (TPSA) is 170 Å². The van der Waals surface area contributed by atoms with E-state index in [1.54, 1.807) is 59.9 Å². The van der Waals surface area contributed by atoms with Gasteiger partial charge in [-0.1, -0.05) is 47.6 Å². The maximum Gasteiger partial charge on any atom is 0.471 e. The molecule has 5 aromatic rings. The van der Waals surface area contributed by atoms with Gasteiger partial charge in [-0.2, -0.15) is 5.10 Å². The van der Waals surface area contributed by atoms with Crippen molar-refractivity contribution in [2.75, 3.05) is 11.5 Å². The van der Waals surface area contributed by atoms with Crippen molar-refractivity contribution in [3.8, 4) is 22.5 Å². The zero-order valence-electron chi connectivity index (χ0n) is 26.9. The maximum atomic E-state index is 15.8. The number of carbonyl (C=O) groups excluding carboxylic acids is 1. The Labute approximate surface area is 273 Å². The highest BCUT2D eigenvalue weighted by molar-refractivity contribution is 7.46. The van der Waals surface area contributed by atoms with Crippen molar-refractivity contribution in [3.05, 3.63) is 78.6 Å². The van der Waals surface area contributed by atoms with Crippen LogP contribution >= 0.6 is 7.82 Å². The van der Waals surface area contributed by atoms with Crippen LogP contribution in [0, 0.1) is 22.5 Å². The van der Waals surface area contributed by atoms with Crippen LogP contribution in [0.5, 0.6) is 0 Å². The molecule has 0 saturated carbocycles. The molecule has 0 unspecified atom stereocenters. The summed E-state index contributed by atoms with van der Waals surface area (Å²) in [6.45, 7) is 10.5. The molecule has 4 aromatic heterocycles. The fraction of sp³-hybridized carbons (Fsp3) is 0.355. The minimum Gasteiger partial charge on any atom is -0.446 e. The molecule has 1 aliphatic heterocycles. The Morgan fingerprint density at radius 2 is 1.71 bits per heavy atom. The highest BCUT2D eigenvalue weighted by Gasteiger charge is 2.58. The number of hydrogen-bond donors (Lipinski definition) is 2. The molecule has 5 heterocycles. The van der Waals surface area contributed by atoms with Crippen LogP contribution in [-0.2, 0) is 19.6 Å². The third-order valence-electron chi connectivity index (χ3n) is 8.19. The quantitative estimate of drug-likeness (QED) is 0.197. The summed E-state index contributed by atoms with van der Waals surface area (Å²) in [4.78, 5) is 46.9. The van der Waals surface area contributed by atoms with Crippen LogP contribution in [0.4, 0.5) is 19.4 Å². The van der Waals surface area contributed by atoms with E-state index in [2.05, 4.69) is 25.1 Å². The van der Waals surface area contributed by atoms with E-state index >= 15 is 4.39 Å². The summed E-state index contributed by atoms with van der Waals surface area (Å²) in [5.41, 5.74) is -1.85. The predicted molar refractivity (Wildman–Crippen MR) is 168 cm³/mol. The number of halogens is 2. The van der Waals surface area contributed by atoms with Crippen LogP contribution in [0.25, 0.3) is 28.2 Å². The molecular weight excluding hydrogens is 649 g/mol. The number of cyclic esters (lactones) is 1. The summed E-state index contributed by atoms with van der Waals surface area (Å²) in [5.74, 6) is -0.995. The molecule has 0 spiro atoms. The number of amides is 1.